The SMILES string of the molecule is CCCCC(C)C(=O)c1ccncc1Cl. The Morgan fingerprint density at radius 3 is 2.93 bits per heavy atom. The molecule has 0 saturated carbocycles. The standard InChI is InChI=1S/C12H16ClNO/c1-3-4-5-9(2)12(15)10-6-7-14-8-11(10)13/h6-9H,3-5H2,1-2H3. The molecule has 0 N–H and O–H groups in total. The molecule has 3 heteroatoms. The fourth-order valence-corrected chi connectivity index (χ4v) is 1.69. The molecule has 0 bridgehead atoms. The predicted octanol–water partition coefficient (Wildman–Crippen LogP) is 3.74. The molecule has 0 aromatic carbocycles. The van der Waals surface area contributed by atoms with E-state index in [0.29, 0.717) is 10.6 Å². The molecule has 1 unspecified atom stereocenters. The summed E-state index contributed by atoms with van der Waals surface area (Å²) in [6.45, 7) is 4.07. The molecule has 1 aromatic rings. The van der Waals surface area contributed by atoms with Crippen LogP contribution in [0.1, 0.15) is 43.5 Å². The third-order valence-electron chi connectivity index (χ3n) is 2.48. The molecule has 0 aliphatic carbocycles. The van der Waals surface area contributed by atoms with Gasteiger partial charge in [-0.15, -0.1) is 0 Å². The zero-order valence-electron chi connectivity index (χ0n) is 9.16. The van der Waals surface area contributed by atoms with Crippen molar-refractivity contribution in [1.82, 2.24) is 4.98 Å². The van der Waals surface area contributed by atoms with Gasteiger partial charge >= 0.3 is 0 Å². The van der Waals surface area contributed by atoms with Crippen molar-refractivity contribution in [2.75, 3.05) is 0 Å². The summed E-state index contributed by atoms with van der Waals surface area (Å²) in [5, 5.41) is 0.450. The summed E-state index contributed by atoms with van der Waals surface area (Å²) in [6.07, 6.45) is 6.23. The molecule has 2 nitrogen and oxygen atoms in total. The van der Waals surface area contributed by atoms with Crippen LogP contribution in [0.15, 0.2) is 18.5 Å². The number of rotatable bonds is 5. The van der Waals surface area contributed by atoms with Gasteiger partial charge < -0.3 is 0 Å². The van der Waals surface area contributed by atoms with Crippen LogP contribution in [-0.4, -0.2) is 10.8 Å². The number of ketones is 1. The second kappa shape index (κ2) is 5.86. The molecule has 15 heavy (non-hydrogen) atoms. The molecule has 1 rings (SSSR count). The van der Waals surface area contributed by atoms with E-state index in [1.165, 1.54) is 6.20 Å². The predicted molar refractivity (Wildman–Crippen MR) is 62.3 cm³/mol. The molecule has 0 saturated heterocycles. The van der Waals surface area contributed by atoms with Gasteiger partial charge in [-0.25, -0.2) is 0 Å². The van der Waals surface area contributed by atoms with Crippen molar-refractivity contribution in [2.45, 2.75) is 33.1 Å². The monoisotopic (exact) mass is 225 g/mol. The first-order valence-electron chi connectivity index (χ1n) is 5.30. The first-order valence-corrected chi connectivity index (χ1v) is 5.68. The third kappa shape index (κ3) is 3.31. The van der Waals surface area contributed by atoms with Gasteiger partial charge in [0.15, 0.2) is 5.78 Å². The van der Waals surface area contributed by atoms with Crippen LogP contribution in [0.4, 0.5) is 0 Å². The van der Waals surface area contributed by atoms with E-state index >= 15 is 0 Å². The summed E-state index contributed by atoms with van der Waals surface area (Å²) in [5.41, 5.74) is 0.593. The smallest absolute Gasteiger partial charge is 0.167 e. The first kappa shape index (κ1) is 12.2. The van der Waals surface area contributed by atoms with E-state index in [4.69, 9.17) is 11.6 Å². The van der Waals surface area contributed by atoms with Crippen LogP contribution in [0.2, 0.25) is 5.02 Å². The summed E-state index contributed by atoms with van der Waals surface area (Å²) in [7, 11) is 0. The molecule has 1 heterocycles. The number of Topliss-reactive ketones (excluding diaryl/α,β-unsaturated/α-hetero) is 1. The summed E-state index contributed by atoms with van der Waals surface area (Å²) in [5.74, 6) is 0.167. The molecule has 0 fully saturated rings. The van der Waals surface area contributed by atoms with E-state index in [9.17, 15) is 4.79 Å². The van der Waals surface area contributed by atoms with Crippen LogP contribution in [0.3, 0.4) is 0 Å². The lowest BCUT2D eigenvalue weighted by atomic mass is 9.95. The Bertz CT molecular complexity index is 338. The van der Waals surface area contributed by atoms with Crippen molar-refractivity contribution >= 4 is 17.4 Å². The van der Waals surface area contributed by atoms with Crippen LogP contribution in [0.25, 0.3) is 0 Å². The number of hydrogen-bond acceptors (Lipinski definition) is 2. The van der Waals surface area contributed by atoms with Gasteiger partial charge in [0.05, 0.1) is 5.02 Å². The maximum Gasteiger partial charge on any atom is 0.167 e. The summed E-state index contributed by atoms with van der Waals surface area (Å²) >= 11 is 5.91. The van der Waals surface area contributed by atoms with Crippen molar-refractivity contribution in [2.24, 2.45) is 5.92 Å². The molecule has 0 radical (unpaired) electrons. The Labute approximate surface area is 95.7 Å². The largest absolute Gasteiger partial charge is 0.294 e. The zero-order chi connectivity index (χ0) is 11.3. The molecular weight excluding hydrogens is 210 g/mol. The van der Waals surface area contributed by atoms with E-state index in [-0.39, 0.29) is 11.7 Å². The fourth-order valence-electron chi connectivity index (χ4n) is 1.48. The Kier molecular flexibility index (Phi) is 4.76. The highest BCUT2D eigenvalue weighted by Crippen LogP contribution is 2.20. The van der Waals surface area contributed by atoms with Gasteiger partial charge in [0, 0.05) is 23.9 Å². The minimum atomic E-state index is 0.0462. The molecule has 0 spiro atoms. The molecule has 0 aliphatic rings. The number of halogens is 1. The van der Waals surface area contributed by atoms with Gasteiger partial charge in [0.25, 0.3) is 0 Å². The van der Waals surface area contributed by atoms with E-state index in [1.54, 1.807) is 12.3 Å². The van der Waals surface area contributed by atoms with E-state index in [0.717, 1.165) is 19.3 Å². The number of aromatic nitrogens is 1. The minimum Gasteiger partial charge on any atom is -0.294 e. The second-order valence-corrected chi connectivity index (χ2v) is 4.17. The molecular formula is C12H16ClNO. The molecule has 82 valence electrons. The number of carbonyl (C=O) groups excluding carboxylic acids is 1. The topological polar surface area (TPSA) is 30.0 Å². The van der Waals surface area contributed by atoms with Crippen molar-refractivity contribution in [3.8, 4) is 0 Å². The second-order valence-electron chi connectivity index (χ2n) is 3.76. The van der Waals surface area contributed by atoms with Gasteiger partial charge in [-0.3, -0.25) is 9.78 Å². The number of carbonyl (C=O) groups is 1. The first-order chi connectivity index (χ1) is 7.16. The lowest BCUT2D eigenvalue weighted by molar-refractivity contribution is 0.0922. The van der Waals surface area contributed by atoms with Crippen molar-refractivity contribution < 1.29 is 4.79 Å². The highest BCUT2D eigenvalue weighted by Gasteiger charge is 2.16. The molecule has 1 aromatic heterocycles. The van der Waals surface area contributed by atoms with Crippen LogP contribution >= 0.6 is 11.6 Å². The maximum absolute atomic E-state index is 12.0. The Morgan fingerprint density at radius 1 is 1.60 bits per heavy atom. The van der Waals surface area contributed by atoms with Crippen LogP contribution in [0.5, 0.6) is 0 Å². The van der Waals surface area contributed by atoms with Gasteiger partial charge in [-0.05, 0) is 12.5 Å². The van der Waals surface area contributed by atoms with Crippen LogP contribution in [-0.2, 0) is 0 Å². The van der Waals surface area contributed by atoms with Gasteiger partial charge in [0.2, 0.25) is 0 Å². The van der Waals surface area contributed by atoms with Crippen molar-refractivity contribution in [3.63, 3.8) is 0 Å². The quantitative estimate of drug-likeness (QED) is 0.715. The summed E-state index contributed by atoms with van der Waals surface area (Å²) < 4.78 is 0. The van der Waals surface area contributed by atoms with Crippen LogP contribution in [0, 0.1) is 5.92 Å². The lowest BCUT2D eigenvalue weighted by Crippen LogP contribution is -2.11. The highest BCUT2D eigenvalue weighted by atomic mass is 35.5. The zero-order valence-corrected chi connectivity index (χ0v) is 9.92. The number of unbranched alkanes of at least 4 members (excludes halogenated alkanes) is 1. The van der Waals surface area contributed by atoms with Gasteiger partial charge in [-0.1, -0.05) is 38.3 Å². The Hall–Kier alpha value is -0.890. The average Bonchev–Trinajstić information content (AvgIpc) is 2.25. The maximum atomic E-state index is 12.0. The van der Waals surface area contributed by atoms with E-state index in [2.05, 4.69) is 11.9 Å². The third-order valence-corrected chi connectivity index (χ3v) is 2.78. The Balaban J connectivity index is 2.72. The van der Waals surface area contributed by atoms with Gasteiger partial charge in [-0.2, -0.15) is 0 Å². The highest BCUT2D eigenvalue weighted by molar-refractivity contribution is 6.33. The van der Waals surface area contributed by atoms with Crippen molar-refractivity contribution in [1.29, 1.82) is 0 Å². The average molecular weight is 226 g/mol. The summed E-state index contributed by atoms with van der Waals surface area (Å²) in [6, 6.07) is 1.69. The number of nitrogens with zero attached hydrogens (tertiary/aromatic N) is 1. The summed E-state index contributed by atoms with van der Waals surface area (Å²) in [4.78, 5) is 15.8. The number of pyridine rings is 1. The van der Waals surface area contributed by atoms with E-state index < -0.39 is 0 Å². The van der Waals surface area contributed by atoms with Crippen molar-refractivity contribution in [3.05, 3.63) is 29.0 Å². The van der Waals surface area contributed by atoms with Gasteiger partial charge in [0.1, 0.15) is 0 Å². The van der Waals surface area contributed by atoms with E-state index in [1.807, 2.05) is 6.92 Å². The molecule has 1 atom stereocenters. The Morgan fingerprint density at radius 2 is 2.33 bits per heavy atom. The lowest BCUT2D eigenvalue weighted by Gasteiger charge is -2.10. The minimum absolute atomic E-state index is 0.0462. The normalized spacial score (nSPS) is 12.5. The number of hydrogen-bond donors (Lipinski definition) is 0. The molecule has 0 amide bonds. The molecule has 0 aliphatic heterocycles. The fraction of sp³-hybridized carbons (Fsp3) is 0.500. The van der Waals surface area contributed by atoms with Crippen LogP contribution < -0.4 is 0 Å².